The Balaban J connectivity index is 1.49. The topological polar surface area (TPSA) is 102 Å². The minimum atomic E-state index is -1.29. The second kappa shape index (κ2) is 8.97. The summed E-state index contributed by atoms with van der Waals surface area (Å²) >= 11 is 0. The molecule has 212 valence electrons. The van der Waals surface area contributed by atoms with Crippen LogP contribution in [0.25, 0.3) is 33.4 Å². The summed E-state index contributed by atoms with van der Waals surface area (Å²) in [5.74, 6) is 1.60. The summed E-state index contributed by atoms with van der Waals surface area (Å²) in [7, 11) is 1.36. The van der Waals surface area contributed by atoms with Gasteiger partial charge in [0.15, 0.2) is 17.1 Å². The summed E-state index contributed by atoms with van der Waals surface area (Å²) in [5, 5.41) is 0.738. The number of methoxy groups -OCH3 is 1. The third kappa shape index (κ3) is 3.59. The van der Waals surface area contributed by atoms with Gasteiger partial charge in [-0.05, 0) is 38.5 Å². The van der Waals surface area contributed by atoms with Gasteiger partial charge in [-0.25, -0.2) is 9.78 Å². The molecule has 2 aromatic heterocycles. The molecule has 4 heterocycles. The lowest BCUT2D eigenvalue weighted by atomic mass is 9.75. The van der Waals surface area contributed by atoms with Crippen molar-refractivity contribution in [1.29, 1.82) is 0 Å². The number of carbonyl (C=O) groups is 2. The van der Waals surface area contributed by atoms with Gasteiger partial charge in [-0.15, -0.1) is 0 Å². The Kier molecular flexibility index (Phi) is 5.53. The van der Waals surface area contributed by atoms with Gasteiger partial charge in [-0.2, -0.15) is 0 Å². The number of para-hydroxylation sites is 2. The Labute approximate surface area is 241 Å². The highest BCUT2D eigenvalue weighted by atomic mass is 16.7. The van der Waals surface area contributed by atoms with Gasteiger partial charge >= 0.3 is 12.1 Å². The first-order chi connectivity index (χ1) is 20.1. The van der Waals surface area contributed by atoms with E-state index in [2.05, 4.69) is 4.98 Å². The molecule has 2 atom stereocenters. The van der Waals surface area contributed by atoms with Crippen LogP contribution in [0, 0.1) is 6.92 Å². The largest absolute Gasteiger partial charge is 0.468 e. The van der Waals surface area contributed by atoms with Crippen LogP contribution in [0.2, 0.25) is 0 Å². The highest BCUT2D eigenvalue weighted by Crippen LogP contribution is 2.58. The van der Waals surface area contributed by atoms with Crippen LogP contribution in [-0.4, -0.2) is 40.6 Å². The smallest absolute Gasteiger partial charge is 0.419 e. The summed E-state index contributed by atoms with van der Waals surface area (Å²) in [4.78, 5) is 31.2. The van der Waals surface area contributed by atoms with Crippen LogP contribution < -0.4 is 9.47 Å². The van der Waals surface area contributed by atoms with Crippen molar-refractivity contribution in [2.75, 3.05) is 7.11 Å². The number of benzene rings is 3. The second-order valence-corrected chi connectivity index (χ2v) is 11.4. The van der Waals surface area contributed by atoms with Gasteiger partial charge in [0.2, 0.25) is 0 Å². The molecular formula is C33H28N2O7. The Morgan fingerprint density at radius 3 is 2.40 bits per heavy atom. The fourth-order valence-electron chi connectivity index (χ4n) is 6.03. The number of aryl methyl sites for hydroxylation is 1. The first kappa shape index (κ1) is 25.9. The predicted octanol–water partition coefficient (Wildman–Crippen LogP) is 6.62. The van der Waals surface area contributed by atoms with Gasteiger partial charge in [0.25, 0.3) is 6.29 Å². The molecule has 0 unspecified atom stereocenters. The molecule has 0 fully saturated rings. The molecule has 0 aliphatic carbocycles. The van der Waals surface area contributed by atoms with Crippen LogP contribution in [0.1, 0.15) is 37.8 Å². The average molecular weight is 565 g/mol. The van der Waals surface area contributed by atoms with Crippen molar-refractivity contribution in [3.8, 4) is 33.9 Å². The maximum atomic E-state index is 13.6. The highest BCUT2D eigenvalue weighted by molar-refractivity contribution is 6.09. The number of oxazole rings is 1. The third-order valence-corrected chi connectivity index (χ3v) is 7.67. The molecule has 0 bridgehead atoms. The molecule has 3 aromatic carbocycles. The van der Waals surface area contributed by atoms with Crippen molar-refractivity contribution in [3.63, 3.8) is 0 Å². The van der Waals surface area contributed by atoms with E-state index in [1.54, 1.807) is 19.3 Å². The molecule has 0 N–H and O–H groups in total. The Morgan fingerprint density at radius 1 is 0.929 bits per heavy atom. The number of fused-ring (bicyclic) bond motifs is 6. The Bertz CT molecular complexity index is 1910. The van der Waals surface area contributed by atoms with E-state index in [0.29, 0.717) is 45.4 Å². The zero-order valence-electron chi connectivity index (χ0n) is 23.8. The van der Waals surface area contributed by atoms with E-state index in [1.165, 1.54) is 11.7 Å². The van der Waals surface area contributed by atoms with E-state index in [-0.39, 0.29) is 0 Å². The fraction of sp³-hybridized carbons (Fsp3) is 0.242. The Hall–Kier alpha value is -5.05. The quantitative estimate of drug-likeness (QED) is 0.225. The van der Waals surface area contributed by atoms with E-state index in [0.717, 1.165) is 16.5 Å². The van der Waals surface area contributed by atoms with Crippen molar-refractivity contribution >= 4 is 23.0 Å². The van der Waals surface area contributed by atoms with E-state index in [9.17, 15) is 9.59 Å². The minimum Gasteiger partial charge on any atom is -0.468 e. The molecule has 9 nitrogen and oxygen atoms in total. The molecule has 0 radical (unpaired) electrons. The number of hydrogen-bond donors (Lipinski definition) is 0. The van der Waals surface area contributed by atoms with Crippen LogP contribution in [0.5, 0.6) is 11.5 Å². The zero-order chi connectivity index (χ0) is 29.4. The normalized spacial score (nSPS) is 18.5. The minimum absolute atomic E-state index is 0.472. The number of carbonyl (C=O) groups excluding carboxylic acids is 2. The van der Waals surface area contributed by atoms with Crippen LogP contribution >= 0.6 is 0 Å². The molecule has 7 rings (SSSR count). The summed E-state index contributed by atoms with van der Waals surface area (Å²) < 4.78 is 31.1. The van der Waals surface area contributed by atoms with Gasteiger partial charge in [-0.1, -0.05) is 48.5 Å². The predicted molar refractivity (Wildman–Crippen MR) is 154 cm³/mol. The molecule has 0 saturated carbocycles. The fourth-order valence-corrected chi connectivity index (χ4v) is 6.03. The lowest BCUT2D eigenvalue weighted by molar-refractivity contribution is -0.151. The van der Waals surface area contributed by atoms with Crippen LogP contribution in [0.3, 0.4) is 0 Å². The molecule has 0 amide bonds. The van der Waals surface area contributed by atoms with Gasteiger partial charge in [-0.3, -0.25) is 9.36 Å². The number of hydrogen-bond acceptors (Lipinski definition) is 8. The maximum absolute atomic E-state index is 13.6. The monoisotopic (exact) mass is 564 g/mol. The standard InChI is InChI=1S/C33H28N2O7/c1-18-34-16-26(39-18)21-17-35(31(37)42-32(2,3)4)24-14-9-10-19(27(21)24)20-11-8-13-23-28(20)41-30-33(23,29(36)38-5)22-12-6-7-15-25(22)40-30/h6-17,30H,1-5H3/t30-,33+/m0/s1. The molecule has 2 aliphatic rings. The molecule has 0 saturated heterocycles. The number of ether oxygens (including phenoxy) is 4. The van der Waals surface area contributed by atoms with E-state index in [1.807, 2.05) is 81.4 Å². The molecule has 5 aromatic rings. The molecule has 42 heavy (non-hydrogen) atoms. The molecular weight excluding hydrogens is 536 g/mol. The van der Waals surface area contributed by atoms with Crippen molar-refractivity contribution in [2.24, 2.45) is 0 Å². The molecule has 0 spiro atoms. The first-order valence-corrected chi connectivity index (χ1v) is 13.6. The summed E-state index contributed by atoms with van der Waals surface area (Å²) in [5.41, 5.74) is 2.10. The van der Waals surface area contributed by atoms with Crippen molar-refractivity contribution < 1.29 is 33.0 Å². The van der Waals surface area contributed by atoms with Crippen LogP contribution in [0.4, 0.5) is 4.79 Å². The third-order valence-electron chi connectivity index (χ3n) is 7.67. The Morgan fingerprint density at radius 2 is 1.67 bits per heavy atom. The van der Waals surface area contributed by atoms with Crippen molar-refractivity contribution in [3.05, 3.63) is 90.1 Å². The zero-order valence-corrected chi connectivity index (χ0v) is 23.8. The van der Waals surface area contributed by atoms with Gasteiger partial charge in [0, 0.05) is 40.8 Å². The van der Waals surface area contributed by atoms with Crippen molar-refractivity contribution in [2.45, 2.75) is 45.0 Å². The van der Waals surface area contributed by atoms with Crippen LogP contribution in [0.15, 0.2) is 77.5 Å². The lowest BCUT2D eigenvalue weighted by Gasteiger charge is -2.23. The lowest BCUT2D eigenvalue weighted by Crippen LogP contribution is -2.45. The van der Waals surface area contributed by atoms with E-state index in [4.69, 9.17) is 23.4 Å². The van der Waals surface area contributed by atoms with E-state index < -0.39 is 29.4 Å². The maximum Gasteiger partial charge on any atom is 0.419 e. The van der Waals surface area contributed by atoms with Gasteiger partial charge in [0.1, 0.15) is 17.1 Å². The van der Waals surface area contributed by atoms with E-state index >= 15 is 0 Å². The van der Waals surface area contributed by atoms with Crippen molar-refractivity contribution in [1.82, 2.24) is 9.55 Å². The van der Waals surface area contributed by atoms with Gasteiger partial charge < -0.3 is 23.4 Å². The first-order valence-electron chi connectivity index (χ1n) is 13.6. The molecule has 2 aliphatic heterocycles. The second-order valence-electron chi connectivity index (χ2n) is 11.4. The van der Waals surface area contributed by atoms with Crippen LogP contribution in [-0.2, 0) is 19.7 Å². The summed E-state index contributed by atoms with van der Waals surface area (Å²) in [6.07, 6.45) is 1.87. The number of nitrogens with zero attached hydrogens (tertiary/aromatic N) is 2. The number of aromatic nitrogens is 2. The SMILES string of the molecule is COC(=O)[C@]12c3ccccc3O[C@H]1Oc1c(-c3cccc4c3c(-c3cnc(C)o3)cn4C(=O)OC(C)(C)C)cccc12. The number of esters is 1. The molecule has 9 heteroatoms. The number of rotatable bonds is 3. The van der Waals surface area contributed by atoms with Gasteiger partial charge in [0.05, 0.1) is 18.8 Å². The highest BCUT2D eigenvalue weighted by Gasteiger charge is 2.64. The summed E-state index contributed by atoms with van der Waals surface area (Å²) in [6.45, 7) is 7.23. The average Bonchev–Trinajstić information content (AvgIpc) is 3.71. The summed E-state index contributed by atoms with van der Waals surface area (Å²) in [6, 6.07) is 18.7.